The van der Waals surface area contributed by atoms with E-state index in [0.717, 1.165) is 5.56 Å². The Morgan fingerprint density at radius 2 is 1.75 bits per heavy atom. The second-order valence-electron chi connectivity index (χ2n) is 5.67. The predicted molar refractivity (Wildman–Crippen MR) is 84.4 cm³/mol. The highest BCUT2D eigenvalue weighted by molar-refractivity contribution is 5.13. The molecule has 0 bridgehead atoms. The Kier molecular flexibility index (Phi) is 6.69. The fourth-order valence-electron chi connectivity index (χ4n) is 2.19. The number of rotatable bonds is 9. The molecule has 1 aromatic carbocycles. The summed E-state index contributed by atoms with van der Waals surface area (Å²) >= 11 is 0. The van der Waals surface area contributed by atoms with E-state index in [9.17, 15) is 5.11 Å². The third-order valence-corrected chi connectivity index (χ3v) is 3.75. The van der Waals surface area contributed by atoms with Gasteiger partial charge in [-0.15, -0.1) is 13.2 Å². The summed E-state index contributed by atoms with van der Waals surface area (Å²) < 4.78 is 6.04. The second kappa shape index (κ2) is 8.03. The van der Waals surface area contributed by atoms with Crippen molar-refractivity contribution < 1.29 is 9.84 Å². The first-order valence-corrected chi connectivity index (χ1v) is 7.07. The Balaban J connectivity index is 2.72. The fourth-order valence-corrected chi connectivity index (χ4v) is 2.19. The molecule has 0 unspecified atom stereocenters. The van der Waals surface area contributed by atoms with E-state index >= 15 is 0 Å². The summed E-state index contributed by atoms with van der Waals surface area (Å²) in [6.07, 6.45) is 4.33. The Morgan fingerprint density at radius 3 is 2.30 bits per heavy atom. The van der Waals surface area contributed by atoms with Crippen LogP contribution < -0.4 is 0 Å². The molecule has 0 amide bonds. The number of aliphatic hydroxyl groups excluding tert-OH is 1. The number of ether oxygens (including phenoxy) is 1. The van der Waals surface area contributed by atoms with Gasteiger partial charge in [0.05, 0.1) is 18.8 Å². The number of aliphatic hydroxyl groups is 1. The monoisotopic (exact) mass is 274 g/mol. The molecule has 0 aliphatic heterocycles. The third-order valence-electron chi connectivity index (χ3n) is 3.75. The van der Waals surface area contributed by atoms with E-state index in [1.165, 1.54) is 0 Å². The summed E-state index contributed by atoms with van der Waals surface area (Å²) in [5.41, 5.74) is 0.785. The standard InChI is InChI=1S/C18H26O2/c1-5-10-16(19)18(3,4)17(11-6-2)20-14-15-12-8-7-9-13-15/h5-9,12-13,16-17,19H,1-2,10-11,14H2,3-4H3/t16-,17-/m1/s1. The molecule has 1 N–H and O–H groups in total. The van der Waals surface area contributed by atoms with Crippen molar-refractivity contribution in [3.63, 3.8) is 0 Å². The topological polar surface area (TPSA) is 29.5 Å². The molecule has 2 atom stereocenters. The first-order valence-electron chi connectivity index (χ1n) is 7.07. The molecule has 0 aromatic heterocycles. The van der Waals surface area contributed by atoms with Crippen LogP contribution in [0.3, 0.4) is 0 Å². The molecule has 1 aromatic rings. The molecule has 110 valence electrons. The molecular weight excluding hydrogens is 248 g/mol. The van der Waals surface area contributed by atoms with E-state index in [1.54, 1.807) is 6.08 Å². The van der Waals surface area contributed by atoms with Crippen LogP contribution in [0.25, 0.3) is 0 Å². The van der Waals surface area contributed by atoms with Crippen LogP contribution in [-0.2, 0) is 11.3 Å². The molecule has 1 rings (SSSR count). The lowest BCUT2D eigenvalue weighted by Gasteiger charge is -2.37. The molecule has 0 spiro atoms. The van der Waals surface area contributed by atoms with Gasteiger partial charge in [0.15, 0.2) is 0 Å². The number of hydrogen-bond acceptors (Lipinski definition) is 2. The van der Waals surface area contributed by atoms with Gasteiger partial charge in [-0.05, 0) is 18.4 Å². The zero-order chi connectivity index (χ0) is 15.0. The summed E-state index contributed by atoms with van der Waals surface area (Å²) in [5.74, 6) is 0. The van der Waals surface area contributed by atoms with Gasteiger partial charge in [-0.2, -0.15) is 0 Å². The van der Waals surface area contributed by atoms with Gasteiger partial charge in [0.25, 0.3) is 0 Å². The molecule has 0 saturated carbocycles. The zero-order valence-corrected chi connectivity index (χ0v) is 12.6. The van der Waals surface area contributed by atoms with Crippen molar-refractivity contribution in [3.8, 4) is 0 Å². The summed E-state index contributed by atoms with van der Waals surface area (Å²) in [6, 6.07) is 10.1. The van der Waals surface area contributed by atoms with Crippen molar-refractivity contribution in [2.45, 2.75) is 45.5 Å². The normalized spacial score (nSPS) is 14.6. The smallest absolute Gasteiger partial charge is 0.0721 e. The molecular formula is C18H26O2. The minimum Gasteiger partial charge on any atom is -0.392 e. The lowest BCUT2D eigenvalue weighted by Crippen LogP contribution is -2.41. The maximum atomic E-state index is 10.3. The van der Waals surface area contributed by atoms with Gasteiger partial charge in [-0.1, -0.05) is 56.3 Å². The number of benzene rings is 1. The Labute approximate surface area is 122 Å². The summed E-state index contributed by atoms with van der Waals surface area (Å²) in [5, 5.41) is 10.3. The average molecular weight is 274 g/mol. The zero-order valence-electron chi connectivity index (χ0n) is 12.6. The molecule has 0 heterocycles. The molecule has 0 saturated heterocycles. The van der Waals surface area contributed by atoms with E-state index in [-0.39, 0.29) is 11.5 Å². The van der Waals surface area contributed by atoms with Crippen LogP contribution in [0.2, 0.25) is 0 Å². The van der Waals surface area contributed by atoms with Crippen LogP contribution in [0.5, 0.6) is 0 Å². The van der Waals surface area contributed by atoms with Crippen molar-refractivity contribution in [1.29, 1.82) is 0 Å². The Morgan fingerprint density at radius 1 is 1.15 bits per heavy atom. The van der Waals surface area contributed by atoms with Crippen molar-refractivity contribution in [2.24, 2.45) is 5.41 Å². The largest absolute Gasteiger partial charge is 0.392 e. The second-order valence-corrected chi connectivity index (χ2v) is 5.67. The van der Waals surface area contributed by atoms with Crippen LogP contribution in [0, 0.1) is 5.41 Å². The summed E-state index contributed by atoms with van der Waals surface area (Å²) in [6.45, 7) is 12.1. The molecule has 2 heteroatoms. The Hall–Kier alpha value is -1.38. The van der Waals surface area contributed by atoms with Crippen LogP contribution in [0.4, 0.5) is 0 Å². The quantitative estimate of drug-likeness (QED) is 0.687. The van der Waals surface area contributed by atoms with Gasteiger partial charge < -0.3 is 9.84 Å². The van der Waals surface area contributed by atoms with E-state index < -0.39 is 6.10 Å². The maximum absolute atomic E-state index is 10.3. The van der Waals surface area contributed by atoms with Crippen LogP contribution in [-0.4, -0.2) is 17.3 Å². The lowest BCUT2D eigenvalue weighted by atomic mass is 9.78. The van der Waals surface area contributed by atoms with Crippen LogP contribution in [0.15, 0.2) is 55.6 Å². The maximum Gasteiger partial charge on any atom is 0.0721 e. The molecule has 0 radical (unpaired) electrons. The first kappa shape index (κ1) is 16.7. The fraction of sp³-hybridized carbons (Fsp3) is 0.444. The molecule has 0 aliphatic carbocycles. The molecule has 0 fully saturated rings. The highest BCUT2D eigenvalue weighted by Gasteiger charge is 2.35. The minimum absolute atomic E-state index is 0.0739. The van der Waals surface area contributed by atoms with Gasteiger partial charge in [0.2, 0.25) is 0 Å². The van der Waals surface area contributed by atoms with Gasteiger partial charge in [0, 0.05) is 5.41 Å². The van der Waals surface area contributed by atoms with E-state index in [2.05, 4.69) is 13.2 Å². The van der Waals surface area contributed by atoms with Gasteiger partial charge in [0.1, 0.15) is 0 Å². The molecule has 2 nitrogen and oxygen atoms in total. The van der Waals surface area contributed by atoms with Crippen molar-refractivity contribution in [1.82, 2.24) is 0 Å². The van der Waals surface area contributed by atoms with Crippen molar-refractivity contribution in [2.75, 3.05) is 0 Å². The van der Waals surface area contributed by atoms with Crippen LogP contribution in [0.1, 0.15) is 32.3 Å². The third kappa shape index (κ3) is 4.62. The minimum atomic E-state index is -0.472. The Bertz CT molecular complexity index is 409. The molecule has 0 aliphatic rings. The summed E-state index contributed by atoms with van der Waals surface area (Å²) in [7, 11) is 0. The highest BCUT2D eigenvalue weighted by atomic mass is 16.5. The molecule has 20 heavy (non-hydrogen) atoms. The van der Waals surface area contributed by atoms with Crippen molar-refractivity contribution in [3.05, 3.63) is 61.2 Å². The van der Waals surface area contributed by atoms with E-state index in [1.807, 2.05) is 50.3 Å². The predicted octanol–water partition coefficient (Wildman–Crippen LogP) is 4.11. The number of hydrogen-bond donors (Lipinski definition) is 1. The SMILES string of the molecule is C=CC[C@@H](O)C(C)(C)[C@@H](CC=C)OCc1ccccc1. The van der Waals surface area contributed by atoms with E-state index in [4.69, 9.17) is 4.74 Å². The van der Waals surface area contributed by atoms with Crippen LogP contribution >= 0.6 is 0 Å². The van der Waals surface area contributed by atoms with Gasteiger partial charge >= 0.3 is 0 Å². The van der Waals surface area contributed by atoms with Gasteiger partial charge in [-0.25, -0.2) is 0 Å². The van der Waals surface area contributed by atoms with Gasteiger partial charge in [-0.3, -0.25) is 0 Å². The highest BCUT2D eigenvalue weighted by Crippen LogP contribution is 2.32. The lowest BCUT2D eigenvalue weighted by molar-refractivity contribution is -0.0887. The first-order chi connectivity index (χ1) is 9.52. The summed E-state index contributed by atoms with van der Waals surface area (Å²) in [4.78, 5) is 0. The average Bonchev–Trinajstić information content (AvgIpc) is 2.44. The van der Waals surface area contributed by atoms with Crippen molar-refractivity contribution >= 4 is 0 Å². The van der Waals surface area contributed by atoms with E-state index in [0.29, 0.717) is 19.4 Å².